The molecule has 7 heteroatoms. The molecule has 148 valence electrons. The van der Waals surface area contributed by atoms with Crippen LogP contribution in [0.15, 0.2) is 29.3 Å². The second-order valence-corrected chi connectivity index (χ2v) is 8.14. The highest BCUT2D eigenvalue weighted by Gasteiger charge is 2.32. The molecule has 3 heterocycles. The van der Waals surface area contributed by atoms with Crippen LogP contribution in [-0.2, 0) is 6.54 Å². The van der Waals surface area contributed by atoms with Crippen LogP contribution in [0.2, 0.25) is 0 Å². The summed E-state index contributed by atoms with van der Waals surface area (Å²) in [6.07, 6.45) is 1.79. The van der Waals surface area contributed by atoms with E-state index >= 15 is 0 Å². The summed E-state index contributed by atoms with van der Waals surface area (Å²) in [5.41, 5.74) is 2.27. The number of ether oxygens (including phenoxy) is 1. The zero-order valence-corrected chi connectivity index (χ0v) is 16.7. The summed E-state index contributed by atoms with van der Waals surface area (Å²) in [6.45, 7) is 6.82. The summed E-state index contributed by atoms with van der Waals surface area (Å²) in [6, 6.07) is 5.23. The Balaban J connectivity index is 1.55. The monoisotopic (exact) mass is 400 g/mol. The third-order valence-corrected chi connectivity index (χ3v) is 6.31. The van der Waals surface area contributed by atoms with Gasteiger partial charge in [0.1, 0.15) is 11.5 Å². The third kappa shape index (κ3) is 3.71. The molecule has 6 nitrogen and oxygen atoms in total. The van der Waals surface area contributed by atoms with Gasteiger partial charge in [-0.3, -0.25) is 14.6 Å². The molecule has 2 aromatic rings. The van der Waals surface area contributed by atoms with Crippen LogP contribution >= 0.6 is 11.3 Å². The quantitative estimate of drug-likeness (QED) is 0.752. The minimum Gasteiger partial charge on any atom is -0.507 e. The molecular formula is C21H24N2O4S. The predicted molar refractivity (Wildman–Crippen MR) is 109 cm³/mol. The van der Waals surface area contributed by atoms with Crippen LogP contribution in [0.5, 0.6) is 11.5 Å². The maximum Gasteiger partial charge on any atom is 0.232 e. The Morgan fingerprint density at radius 2 is 1.93 bits per heavy atom. The zero-order valence-electron chi connectivity index (χ0n) is 15.9. The average molecular weight is 401 g/mol. The van der Waals surface area contributed by atoms with Crippen LogP contribution in [0, 0.1) is 6.92 Å². The molecule has 28 heavy (non-hydrogen) atoms. The van der Waals surface area contributed by atoms with Gasteiger partial charge in [0.15, 0.2) is 5.76 Å². The molecule has 4 rings (SSSR count). The lowest BCUT2D eigenvalue weighted by molar-refractivity contribution is 0.101. The molecule has 0 aliphatic carbocycles. The number of hydrogen-bond donors (Lipinski definition) is 2. The van der Waals surface area contributed by atoms with E-state index in [9.17, 15) is 9.90 Å². The first kappa shape index (κ1) is 19.1. The van der Waals surface area contributed by atoms with E-state index < -0.39 is 0 Å². The van der Waals surface area contributed by atoms with Gasteiger partial charge in [0.25, 0.3) is 0 Å². The largest absolute Gasteiger partial charge is 0.507 e. The van der Waals surface area contributed by atoms with Crippen LogP contribution < -0.4 is 4.74 Å². The number of phenolic OH excluding ortho intramolecular Hbond substituents is 1. The standard InChI is InChI=1S/C21H24N2O4S/c1-14-4-11-28-19(14)12-18-20(26)15-2-3-17(25)16(21(15)27-18)13-23-7-5-22(6-8-23)9-10-24/h2-4,11-12,24-25H,5-10,13H2,1H3/b18-12+. The number of Topliss-reactive ketones (excluding diaryl/α,β-unsaturated/α-hetero) is 1. The number of fused-ring (bicyclic) bond motifs is 1. The highest BCUT2D eigenvalue weighted by atomic mass is 32.1. The Morgan fingerprint density at radius 3 is 2.61 bits per heavy atom. The van der Waals surface area contributed by atoms with E-state index in [0.29, 0.717) is 35.7 Å². The first-order valence-electron chi connectivity index (χ1n) is 9.45. The van der Waals surface area contributed by atoms with Crippen molar-refractivity contribution in [1.29, 1.82) is 0 Å². The first-order chi connectivity index (χ1) is 13.6. The van der Waals surface area contributed by atoms with Crippen molar-refractivity contribution in [3.63, 3.8) is 0 Å². The maximum absolute atomic E-state index is 12.8. The molecule has 0 atom stereocenters. The Morgan fingerprint density at radius 1 is 1.18 bits per heavy atom. The number of ketones is 1. The molecule has 0 unspecified atom stereocenters. The number of rotatable bonds is 5. The van der Waals surface area contributed by atoms with Gasteiger partial charge in [-0.15, -0.1) is 11.3 Å². The number of β-amino-alcohol motifs (C(OH)–C–C–N with tert-alkyl or cyclic N) is 1. The number of benzene rings is 1. The van der Waals surface area contributed by atoms with Crippen LogP contribution in [-0.4, -0.2) is 65.1 Å². The van der Waals surface area contributed by atoms with Crippen molar-refractivity contribution in [2.45, 2.75) is 13.5 Å². The molecule has 1 saturated heterocycles. The summed E-state index contributed by atoms with van der Waals surface area (Å²) in [5.74, 6) is 0.790. The van der Waals surface area contributed by atoms with Crippen molar-refractivity contribution in [1.82, 2.24) is 9.80 Å². The number of aryl methyl sites for hydroxylation is 1. The first-order valence-corrected chi connectivity index (χ1v) is 10.3. The number of allylic oxidation sites excluding steroid dienone is 1. The van der Waals surface area contributed by atoms with E-state index in [2.05, 4.69) is 9.80 Å². The molecule has 1 fully saturated rings. The van der Waals surface area contributed by atoms with Gasteiger partial charge < -0.3 is 14.9 Å². The average Bonchev–Trinajstić information content (AvgIpc) is 3.23. The number of aliphatic hydroxyl groups is 1. The van der Waals surface area contributed by atoms with Gasteiger partial charge in [0, 0.05) is 50.2 Å². The lowest BCUT2D eigenvalue weighted by atomic mass is 10.0. The summed E-state index contributed by atoms with van der Waals surface area (Å²) in [4.78, 5) is 18.2. The van der Waals surface area contributed by atoms with E-state index in [4.69, 9.17) is 9.84 Å². The maximum atomic E-state index is 12.8. The highest BCUT2D eigenvalue weighted by molar-refractivity contribution is 7.11. The number of aliphatic hydroxyl groups excluding tert-OH is 1. The molecule has 2 N–H and O–H groups in total. The number of carbonyl (C=O) groups is 1. The van der Waals surface area contributed by atoms with Crippen LogP contribution in [0.4, 0.5) is 0 Å². The van der Waals surface area contributed by atoms with Crippen LogP contribution in [0.25, 0.3) is 6.08 Å². The van der Waals surface area contributed by atoms with Crippen molar-refractivity contribution in [2.24, 2.45) is 0 Å². The molecule has 0 radical (unpaired) electrons. The van der Waals surface area contributed by atoms with Crippen molar-refractivity contribution in [3.8, 4) is 11.5 Å². The predicted octanol–water partition coefficient (Wildman–Crippen LogP) is 2.49. The SMILES string of the molecule is Cc1ccsc1/C=C1/Oc2c(ccc(O)c2CN2CCN(CCO)CC2)C1=O. The van der Waals surface area contributed by atoms with Gasteiger partial charge in [-0.05, 0) is 36.1 Å². The van der Waals surface area contributed by atoms with Crippen molar-refractivity contribution in [2.75, 3.05) is 39.3 Å². The molecule has 0 bridgehead atoms. The number of phenols is 1. The number of nitrogens with zero attached hydrogens (tertiary/aromatic N) is 2. The van der Waals surface area contributed by atoms with Crippen LogP contribution in [0.1, 0.15) is 26.4 Å². The van der Waals surface area contributed by atoms with Gasteiger partial charge in [-0.25, -0.2) is 0 Å². The minimum absolute atomic E-state index is 0.142. The van der Waals surface area contributed by atoms with Gasteiger partial charge in [0.05, 0.1) is 17.7 Å². The van der Waals surface area contributed by atoms with Crippen molar-refractivity contribution >= 4 is 23.2 Å². The third-order valence-electron chi connectivity index (χ3n) is 5.34. The smallest absolute Gasteiger partial charge is 0.232 e. The normalized spacial score (nSPS) is 19.2. The molecule has 2 aliphatic heterocycles. The number of aromatic hydroxyl groups is 1. The van der Waals surface area contributed by atoms with Gasteiger partial charge in [0.2, 0.25) is 5.78 Å². The fourth-order valence-electron chi connectivity index (χ4n) is 3.64. The van der Waals surface area contributed by atoms with E-state index in [-0.39, 0.29) is 18.1 Å². The Kier molecular flexibility index (Phi) is 5.50. The summed E-state index contributed by atoms with van der Waals surface area (Å²) in [5, 5.41) is 21.5. The summed E-state index contributed by atoms with van der Waals surface area (Å²) in [7, 11) is 0. The number of hydrogen-bond acceptors (Lipinski definition) is 7. The fraction of sp³-hybridized carbons (Fsp3) is 0.381. The van der Waals surface area contributed by atoms with E-state index in [1.165, 1.54) is 0 Å². The van der Waals surface area contributed by atoms with E-state index in [1.54, 1.807) is 29.5 Å². The molecule has 0 amide bonds. The van der Waals surface area contributed by atoms with Crippen LogP contribution in [0.3, 0.4) is 0 Å². The van der Waals surface area contributed by atoms with Crippen molar-refractivity contribution in [3.05, 3.63) is 50.9 Å². The lowest BCUT2D eigenvalue weighted by Gasteiger charge is -2.34. The Hall–Kier alpha value is -2.19. The fourth-order valence-corrected chi connectivity index (χ4v) is 4.48. The van der Waals surface area contributed by atoms with Gasteiger partial charge in [-0.2, -0.15) is 0 Å². The number of carbonyl (C=O) groups excluding carboxylic acids is 1. The second-order valence-electron chi connectivity index (χ2n) is 7.19. The molecule has 2 aliphatic rings. The number of piperazine rings is 1. The highest BCUT2D eigenvalue weighted by Crippen LogP contribution is 2.40. The molecule has 1 aromatic heterocycles. The Labute approximate surface area is 168 Å². The minimum atomic E-state index is -0.142. The van der Waals surface area contributed by atoms with Gasteiger partial charge in [-0.1, -0.05) is 0 Å². The summed E-state index contributed by atoms with van der Waals surface area (Å²) < 4.78 is 5.95. The molecule has 0 spiro atoms. The van der Waals surface area contributed by atoms with Gasteiger partial charge >= 0.3 is 0 Å². The number of thiophene rings is 1. The summed E-state index contributed by atoms with van der Waals surface area (Å²) >= 11 is 1.57. The molecule has 1 aromatic carbocycles. The molecule has 0 saturated carbocycles. The lowest BCUT2D eigenvalue weighted by Crippen LogP contribution is -2.46. The molecular weight excluding hydrogens is 376 g/mol. The Bertz CT molecular complexity index is 913. The van der Waals surface area contributed by atoms with E-state index in [0.717, 1.165) is 36.6 Å². The zero-order chi connectivity index (χ0) is 19.7. The second kappa shape index (κ2) is 8.05. The van der Waals surface area contributed by atoms with Crippen molar-refractivity contribution < 1.29 is 19.7 Å². The van der Waals surface area contributed by atoms with E-state index in [1.807, 2.05) is 18.4 Å². The topological polar surface area (TPSA) is 73.2 Å².